The molecular weight excluding hydrogens is 443 g/mol. The number of methoxy groups -OCH3 is 1. The van der Waals surface area contributed by atoms with Gasteiger partial charge in [0.1, 0.15) is 11.6 Å². The first-order valence-electron chi connectivity index (χ1n) is 10.8. The van der Waals surface area contributed by atoms with E-state index in [1.807, 2.05) is 23.1 Å². The quantitative estimate of drug-likeness (QED) is 0.514. The Hall–Kier alpha value is -3.01. The number of nitrogens with one attached hydrogen (secondary N) is 2. The normalized spacial score (nSPS) is 14.2. The van der Waals surface area contributed by atoms with Gasteiger partial charge in [0.2, 0.25) is 0 Å². The highest BCUT2D eigenvalue weighted by Crippen LogP contribution is 2.19. The topological polar surface area (TPSA) is 69.8 Å². The van der Waals surface area contributed by atoms with E-state index >= 15 is 0 Å². The van der Waals surface area contributed by atoms with Crippen molar-refractivity contribution in [2.45, 2.75) is 6.54 Å². The first-order chi connectivity index (χ1) is 16.0. The summed E-state index contributed by atoms with van der Waals surface area (Å²) in [6, 6.07) is 13.5. The Morgan fingerprint density at radius 1 is 1.21 bits per heavy atom. The van der Waals surface area contributed by atoms with Gasteiger partial charge in [0.05, 0.1) is 32.4 Å². The molecule has 9 heteroatoms. The molecule has 174 valence electrons. The van der Waals surface area contributed by atoms with Crippen LogP contribution >= 0.6 is 12.2 Å². The fourth-order valence-electron chi connectivity index (χ4n) is 3.75. The van der Waals surface area contributed by atoms with E-state index in [1.54, 1.807) is 25.3 Å². The third-order valence-corrected chi connectivity index (χ3v) is 6.02. The number of aromatic amines is 1. The highest BCUT2D eigenvalue weighted by atomic mass is 32.1. The second-order valence-electron chi connectivity index (χ2n) is 7.89. The molecule has 2 aromatic carbocycles. The summed E-state index contributed by atoms with van der Waals surface area (Å²) in [6.45, 7) is 4.92. The summed E-state index contributed by atoms with van der Waals surface area (Å²) in [5, 5.41) is 4.56. The number of halogens is 1. The summed E-state index contributed by atoms with van der Waals surface area (Å²) < 4.78 is 24.0. The summed E-state index contributed by atoms with van der Waals surface area (Å²) in [7, 11) is 1.59. The lowest BCUT2D eigenvalue weighted by Gasteiger charge is -2.31. The molecule has 1 fully saturated rings. The number of rotatable bonds is 7. The van der Waals surface area contributed by atoms with Crippen LogP contribution in [-0.2, 0) is 11.3 Å². The van der Waals surface area contributed by atoms with E-state index in [-0.39, 0.29) is 11.4 Å². The molecule has 1 aromatic heterocycles. The van der Waals surface area contributed by atoms with Crippen molar-refractivity contribution in [1.82, 2.24) is 14.8 Å². The third-order valence-electron chi connectivity index (χ3n) is 5.66. The van der Waals surface area contributed by atoms with Gasteiger partial charge < -0.3 is 24.7 Å². The molecule has 1 aliphatic heterocycles. The van der Waals surface area contributed by atoms with E-state index < -0.39 is 0 Å². The maximum Gasteiger partial charge on any atom is 0.253 e. The van der Waals surface area contributed by atoms with Gasteiger partial charge in [-0.2, -0.15) is 0 Å². The maximum absolute atomic E-state index is 13.3. The average Bonchev–Trinajstić information content (AvgIpc) is 2.83. The van der Waals surface area contributed by atoms with Crippen LogP contribution in [0.2, 0.25) is 0 Å². The number of morpholine rings is 1. The lowest BCUT2D eigenvalue weighted by Crippen LogP contribution is -2.44. The number of hydrogen-bond acceptors (Lipinski definition) is 5. The molecule has 1 saturated heterocycles. The van der Waals surface area contributed by atoms with Crippen molar-refractivity contribution in [2.75, 3.05) is 51.8 Å². The molecule has 4 rings (SSSR count). The Bertz CT molecular complexity index is 1160. The smallest absolute Gasteiger partial charge is 0.253 e. The van der Waals surface area contributed by atoms with Gasteiger partial charge in [-0.15, -0.1) is 0 Å². The SMILES string of the molecule is COc1ccc2cc(CN(CCN3CCOCC3)C(=S)Nc3ccc(F)cc3)c(=O)[nH]c2c1. The summed E-state index contributed by atoms with van der Waals surface area (Å²) in [4.78, 5) is 20.1. The second kappa shape index (κ2) is 10.7. The Balaban J connectivity index is 1.55. The summed E-state index contributed by atoms with van der Waals surface area (Å²) in [5.74, 6) is 0.373. The molecule has 0 unspecified atom stereocenters. The van der Waals surface area contributed by atoms with Crippen molar-refractivity contribution in [1.29, 1.82) is 0 Å². The molecule has 0 spiro atoms. The monoisotopic (exact) mass is 470 g/mol. The average molecular weight is 471 g/mol. The van der Waals surface area contributed by atoms with Crippen molar-refractivity contribution in [3.05, 3.63) is 70.3 Å². The number of nitrogens with zero attached hydrogens (tertiary/aromatic N) is 2. The molecule has 0 radical (unpaired) electrons. The summed E-state index contributed by atoms with van der Waals surface area (Å²) in [5.41, 5.74) is 1.85. The van der Waals surface area contributed by atoms with Gasteiger partial charge in [-0.3, -0.25) is 9.69 Å². The molecule has 0 saturated carbocycles. The minimum Gasteiger partial charge on any atom is -0.497 e. The lowest BCUT2D eigenvalue weighted by molar-refractivity contribution is 0.0358. The number of ether oxygens (including phenoxy) is 2. The number of fused-ring (bicyclic) bond motifs is 1. The van der Waals surface area contributed by atoms with Crippen LogP contribution in [0.3, 0.4) is 0 Å². The third kappa shape index (κ3) is 6.07. The van der Waals surface area contributed by atoms with Crippen LogP contribution in [0.4, 0.5) is 10.1 Å². The van der Waals surface area contributed by atoms with Crippen LogP contribution in [0.25, 0.3) is 10.9 Å². The minimum absolute atomic E-state index is 0.170. The van der Waals surface area contributed by atoms with Crippen molar-refractivity contribution >= 4 is 33.9 Å². The number of hydrogen-bond donors (Lipinski definition) is 2. The molecule has 3 aromatic rings. The summed E-state index contributed by atoms with van der Waals surface area (Å²) in [6.07, 6.45) is 0. The Kier molecular flexibility index (Phi) is 7.54. The van der Waals surface area contributed by atoms with Crippen molar-refractivity contribution < 1.29 is 13.9 Å². The lowest BCUT2D eigenvalue weighted by atomic mass is 10.1. The molecule has 1 aliphatic rings. The number of pyridine rings is 1. The maximum atomic E-state index is 13.3. The van der Waals surface area contributed by atoms with Crippen LogP contribution in [0.1, 0.15) is 5.56 Å². The number of thiocarbonyl (C=S) groups is 1. The molecule has 7 nitrogen and oxygen atoms in total. The first-order valence-corrected chi connectivity index (χ1v) is 11.2. The molecule has 2 N–H and O–H groups in total. The second-order valence-corrected chi connectivity index (χ2v) is 8.28. The van der Waals surface area contributed by atoms with E-state index in [0.717, 1.165) is 30.5 Å². The zero-order valence-corrected chi connectivity index (χ0v) is 19.3. The summed E-state index contributed by atoms with van der Waals surface area (Å²) >= 11 is 5.68. The number of H-pyrrole nitrogens is 1. The number of benzene rings is 2. The minimum atomic E-state index is -0.310. The van der Waals surface area contributed by atoms with Crippen LogP contribution in [0.15, 0.2) is 53.3 Å². The predicted molar refractivity (Wildman–Crippen MR) is 131 cm³/mol. The van der Waals surface area contributed by atoms with Crippen LogP contribution in [-0.4, -0.2) is 66.4 Å². The van der Waals surface area contributed by atoms with Gasteiger partial charge in [-0.1, -0.05) is 0 Å². The predicted octanol–water partition coefficient (Wildman–Crippen LogP) is 3.21. The largest absolute Gasteiger partial charge is 0.497 e. The molecule has 0 atom stereocenters. The zero-order valence-electron chi connectivity index (χ0n) is 18.5. The number of aromatic nitrogens is 1. The van der Waals surface area contributed by atoms with Gasteiger partial charge in [-0.05, 0) is 60.1 Å². The van der Waals surface area contributed by atoms with E-state index in [9.17, 15) is 9.18 Å². The van der Waals surface area contributed by atoms with E-state index in [4.69, 9.17) is 21.7 Å². The van der Waals surface area contributed by atoms with Gasteiger partial charge >= 0.3 is 0 Å². The number of anilines is 1. The highest BCUT2D eigenvalue weighted by Gasteiger charge is 2.17. The van der Waals surface area contributed by atoms with Crippen molar-refractivity contribution in [2.24, 2.45) is 0 Å². The highest BCUT2D eigenvalue weighted by molar-refractivity contribution is 7.80. The van der Waals surface area contributed by atoms with Crippen LogP contribution < -0.4 is 15.6 Å². The fourth-order valence-corrected chi connectivity index (χ4v) is 4.02. The van der Waals surface area contributed by atoms with E-state index in [0.29, 0.717) is 48.4 Å². The molecule has 0 bridgehead atoms. The Morgan fingerprint density at radius 3 is 2.70 bits per heavy atom. The molecule has 0 amide bonds. The van der Waals surface area contributed by atoms with Gasteiger partial charge in [-0.25, -0.2) is 4.39 Å². The van der Waals surface area contributed by atoms with Crippen LogP contribution in [0.5, 0.6) is 5.75 Å². The first kappa shape index (κ1) is 23.2. The Morgan fingerprint density at radius 2 is 1.97 bits per heavy atom. The molecule has 2 heterocycles. The van der Waals surface area contributed by atoms with Crippen molar-refractivity contribution in [3.63, 3.8) is 0 Å². The van der Waals surface area contributed by atoms with E-state index in [1.165, 1.54) is 12.1 Å². The fraction of sp³-hybridized carbons (Fsp3) is 0.333. The van der Waals surface area contributed by atoms with Gasteiger partial charge in [0.25, 0.3) is 5.56 Å². The van der Waals surface area contributed by atoms with Gasteiger partial charge in [0, 0.05) is 43.5 Å². The molecular formula is C24H27FN4O3S. The van der Waals surface area contributed by atoms with E-state index in [2.05, 4.69) is 15.2 Å². The zero-order chi connectivity index (χ0) is 23.2. The Labute approximate surface area is 197 Å². The van der Waals surface area contributed by atoms with Crippen LogP contribution in [0, 0.1) is 5.82 Å². The van der Waals surface area contributed by atoms with Gasteiger partial charge in [0.15, 0.2) is 5.11 Å². The molecule has 0 aliphatic carbocycles. The van der Waals surface area contributed by atoms with Crippen molar-refractivity contribution in [3.8, 4) is 5.75 Å². The standard InChI is InChI=1S/C24H27FN4O3S/c1-31-21-7-2-17-14-18(23(30)27-22(17)15-21)16-29(9-8-28-10-12-32-13-11-28)24(33)26-20-5-3-19(25)4-6-20/h2-7,14-15H,8-13,16H2,1H3,(H,26,33)(H,27,30). The molecule has 33 heavy (non-hydrogen) atoms.